The van der Waals surface area contributed by atoms with Crippen LogP contribution in [0, 0.1) is 13.8 Å². The first-order valence-corrected chi connectivity index (χ1v) is 8.61. The summed E-state index contributed by atoms with van der Waals surface area (Å²) in [4.78, 5) is 0. The topological polar surface area (TPSA) is 66.0 Å². The molecule has 0 bridgehead atoms. The quantitative estimate of drug-likeness (QED) is 0.568. The summed E-state index contributed by atoms with van der Waals surface area (Å²) in [5.41, 5.74) is 4.75. The average Bonchev–Trinajstić information content (AvgIpc) is 2.97. The van der Waals surface area contributed by atoms with E-state index in [1.165, 1.54) is 21.4 Å². The fraction of sp³-hybridized carbons (Fsp3) is 0.222. The summed E-state index contributed by atoms with van der Waals surface area (Å²) in [6, 6.07) is 14.1. The van der Waals surface area contributed by atoms with E-state index in [1.54, 1.807) is 18.9 Å². The molecule has 3 rings (SSSR count). The largest absolute Gasteiger partial charge is 0.497 e. The number of nitrogens with zero attached hydrogens (tertiary/aromatic N) is 3. The Balaban J connectivity index is 1.75. The maximum absolute atomic E-state index is 6.16. The molecule has 0 aliphatic heterocycles. The predicted octanol–water partition coefficient (Wildman–Crippen LogP) is 3.58. The van der Waals surface area contributed by atoms with Crippen LogP contribution in [0.3, 0.4) is 0 Å². The number of rotatable bonds is 5. The van der Waals surface area contributed by atoms with Crippen molar-refractivity contribution in [2.45, 2.75) is 24.8 Å². The van der Waals surface area contributed by atoms with Gasteiger partial charge in [0.25, 0.3) is 0 Å². The molecule has 0 atom stereocenters. The van der Waals surface area contributed by atoms with Gasteiger partial charge in [-0.05, 0) is 54.8 Å². The number of aryl methyl sites for hydroxylation is 2. The van der Waals surface area contributed by atoms with Crippen molar-refractivity contribution >= 4 is 11.8 Å². The Morgan fingerprint density at radius 1 is 1.04 bits per heavy atom. The second kappa shape index (κ2) is 6.97. The number of ether oxygens (including phenoxy) is 1. The lowest BCUT2D eigenvalue weighted by molar-refractivity contribution is 0.415. The summed E-state index contributed by atoms with van der Waals surface area (Å²) in [5, 5.41) is 9.11. The second-order valence-electron chi connectivity index (χ2n) is 5.61. The average molecular weight is 340 g/mol. The Morgan fingerprint density at radius 2 is 1.79 bits per heavy atom. The van der Waals surface area contributed by atoms with Crippen molar-refractivity contribution in [3.05, 3.63) is 59.2 Å². The number of thioether (sulfide) groups is 1. The summed E-state index contributed by atoms with van der Waals surface area (Å²) in [6.07, 6.45) is 0. The van der Waals surface area contributed by atoms with Gasteiger partial charge in [0, 0.05) is 11.3 Å². The second-order valence-corrected chi connectivity index (χ2v) is 6.55. The van der Waals surface area contributed by atoms with Crippen LogP contribution in [0.2, 0.25) is 0 Å². The lowest BCUT2D eigenvalue weighted by atomic mass is 10.1. The Kier molecular flexibility index (Phi) is 4.76. The zero-order valence-electron chi connectivity index (χ0n) is 14.0. The predicted molar refractivity (Wildman–Crippen MR) is 97.6 cm³/mol. The van der Waals surface area contributed by atoms with Crippen molar-refractivity contribution in [3.63, 3.8) is 0 Å². The zero-order chi connectivity index (χ0) is 17.1. The lowest BCUT2D eigenvalue weighted by Crippen LogP contribution is -2.11. The van der Waals surface area contributed by atoms with Crippen LogP contribution < -0.4 is 10.6 Å². The van der Waals surface area contributed by atoms with Gasteiger partial charge in [0.05, 0.1) is 7.11 Å². The van der Waals surface area contributed by atoms with Gasteiger partial charge in [0.1, 0.15) is 5.75 Å². The van der Waals surface area contributed by atoms with Gasteiger partial charge < -0.3 is 10.6 Å². The van der Waals surface area contributed by atoms with Gasteiger partial charge in [-0.1, -0.05) is 30.0 Å². The molecule has 5 nitrogen and oxygen atoms in total. The van der Waals surface area contributed by atoms with E-state index in [2.05, 4.69) is 42.2 Å². The van der Waals surface area contributed by atoms with Crippen molar-refractivity contribution in [2.24, 2.45) is 0 Å². The monoisotopic (exact) mass is 340 g/mol. The molecule has 0 unspecified atom stereocenters. The molecular formula is C18H20N4OS. The van der Waals surface area contributed by atoms with Gasteiger partial charge in [-0.25, -0.2) is 4.68 Å². The van der Waals surface area contributed by atoms with Crippen LogP contribution in [-0.2, 0) is 5.75 Å². The molecule has 0 amide bonds. The Bertz CT molecular complexity index is 843. The highest BCUT2D eigenvalue weighted by Gasteiger charge is 2.12. The first-order valence-electron chi connectivity index (χ1n) is 7.62. The molecule has 124 valence electrons. The molecule has 0 saturated carbocycles. The normalized spacial score (nSPS) is 10.8. The molecule has 0 saturated heterocycles. The van der Waals surface area contributed by atoms with Gasteiger partial charge in [0.2, 0.25) is 5.16 Å². The maximum atomic E-state index is 6.16. The number of nitrogen functional groups attached to an aromatic ring is 1. The van der Waals surface area contributed by atoms with Gasteiger partial charge in [-0.2, -0.15) is 0 Å². The summed E-state index contributed by atoms with van der Waals surface area (Å²) in [5.74, 6) is 8.40. The van der Waals surface area contributed by atoms with E-state index in [0.29, 0.717) is 11.0 Å². The van der Waals surface area contributed by atoms with E-state index in [0.717, 1.165) is 17.1 Å². The van der Waals surface area contributed by atoms with E-state index in [1.807, 2.05) is 24.3 Å². The SMILES string of the molecule is COc1ccc(-c2nnc(SCc3ccc(C)c(C)c3)n2N)cc1. The number of benzene rings is 2. The minimum atomic E-state index is 0.639. The molecule has 0 aliphatic carbocycles. The van der Waals surface area contributed by atoms with Crippen molar-refractivity contribution in [1.82, 2.24) is 14.9 Å². The smallest absolute Gasteiger partial charge is 0.210 e. The standard InChI is InChI=1S/C18H20N4OS/c1-12-4-5-14(10-13(12)2)11-24-18-21-20-17(22(18)19)15-6-8-16(23-3)9-7-15/h4-10H,11,19H2,1-3H3. The highest BCUT2D eigenvalue weighted by atomic mass is 32.2. The third kappa shape index (κ3) is 3.38. The molecule has 0 aliphatic rings. The van der Waals surface area contributed by atoms with E-state index >= 15 is 0 Å². The van der Waals surface area contributed by atoms with Crippen LogP contribution >= 0.6 is 11.8 Å². The lowest BCUT2D eigenvalue weighted by Gasteiger charge is -2.06. The van der Waals surface area contributed by atoms with Crippen LogP contribution in [-0.4, -0.2) is 22.0 Å². The van der Waals surface area contributed by atoms with E-state index in [4.69, 9.17) is 10.6 Å². The Hall–Kier alpha value is -2.47. The van der Waals surface area contributed by atoms with E-state index < -0.39 is 0 Å². The number of hydrogen-bond acceptors (Lipinski definition) is 5. The first kappa shape index (κ1) is 16.4. The van der Waals surface area contributed by atoms with E-state index in [-0.39, 0.29) is 0 Å². The molecule has 3 aromatic rings. The minimum Gasteiger partial charge on any atom is -0.497 e. The van der Waals surface area contributed by atoms with Crippen molar-refractivity contribution in [2.75, 3.05) is 13.0 Å². The first-order chi connectivity index (χ1) is 11.6. The molecular weight excluding hydrogens is 320 g/mol. The number of methoxy groups -OCH3 is 1. The van der Waals surface area contributed by atoms with Crippen molar-refractivity contribution < 1.29 is 4.74 Å². The molecule has 0 radical (unpaired) electrons. The van der Waals surface area contributed by atoms with Gasteiger partial charge >= 0.3 is 0 Å². The fourth-order valence-electron chi connectivity index (χ4n) is 2.35. The van der Waals surface area contributed by atoms with Crippen molar-refractivity contribution in [1.29, 1.82) is 0 Å². The maximum Gasteiger partial charge on any atom is 0.210 e. The molecule has 1 heterocycles. The van der Waals surface area contributed by atoms with Gasteiger partial charge in [-0.3, -0.25) is 0 Å². The molecule has 24 heavy (non-hydrogen) atoms. The van der Waals surface area contributed by atoms with Crippen LogP contribution in [0.4, 0.5) is 0 Å². The summed E-state index contributed by atoms with van der Waals surface area (Å²) in [7, 11) is 1.64. The third-order valence-corrected chi connectivity index (χ3v) is 4.97. The molecule has 2 N–H and O–H groups in total. The molecule has 0 spiro atoms. The number of hydrogen-bond donors (Lipinski definition) is 1. The summed E-state index contributed by atoms with van der Waals surface area (Å²) < 4.78 is 6.70. The van der Waals surface area contributed by atoms with Gasteiger partial charge in [-0.15, -0.1) is 10.2 Å². The van der Waals surface area contributed by atoms with Crippen LogP contribution in [0.15, 0.2) is 47.6 Å². The number of aromatic nitrogens is 3. The summed E-state index contributed by atoms with van der Waals surface area (Å²) in [6.45, 7) is 4.24. The number of nitrogens with two attached hydrogens (primary N) is 1. The fourth-order valence-corrected chi connectivity index (χ4v) is 3.15. The van der Waals surface area contributed by atoms with Gasteiger partial charge in [0.15, 0.2) is 5.82 Å². The molecule has 2 aromatic carbocycles. The highest BCUT2D eigenvalue weighted by Crippen LogP contribution is 2.26. The highest BCUT2D eigenvalue weighted by molar-refractivity contribution is 7.98. The van der Waals surface area contributed by atoms with Crippen LogP contribution in [0.25, 0.3) is 11.4 Å². The molecule has 6 heteroatoms. The summed E-state index contributed by atoms with van der Waals surface area (Å²) >= 11 is 1.58. The van der Waals surface area contributed by atoms with Crippen LogP contribution in [0.5, 0.6) is 5.75 Å². The third-order valence-electron chi connectivity index (χ3n) is 3.95. The van der Waals surface area contributed by atoms with Crippen LogP contribution in [0.1, 0.15) is 16.7 Å². The molecule has 1 aromatic heterocycles. The minimum absolute atomic E-state index is 0.639. The Morgan fingerprint density at radius 3 is 2.46 bits per heavy atom. The zero-order valence-corrected chi connectivity index (χ0v) is 14.8. The van der Waals surface area contributed by atoms with Crippen molar-refractivity contribution in [3.8, 4) is 17.1 Å². The Labute approximate surface area is 145 Å². The van der Waals surface area contributed by atoms with E-state index in [9.17, 15) is 0 Å². The molecule has 0 fully saturated rings.